The van der Waals surface area contributed by atoms with Crippen LogP contribution in [0.5, 0.6) is 5.75 Å². The Kier molecular flexibility index (Phi) is 4.85. The Morgan fingerprint density at radius 2 is 2.26 bits per heavy atom. The van der Waals surface area contributed by atoms with Gasteiger partial charge in [0.2, 0.25) is 0 Å². The molecule has 1 aromatic heterocycles. The number of halogens is 1. The third-order valence-corrected chi connectivity index (χ3v) is 3.51. The summed E-state index contributed by atoms with van der Waals surface area (Å²) in [6, 6.07) is 5.96. The number of nitrogens with one attached hydrogen (secondary N) is 1. The molecular weight excluding hydrogens is 306 g/mol. The van der Waals surface area contributed by atoms with Gasteiger partial charge in [-0.05, 0) is 40.5 Å². The van der Waals surface area contributed by atoms with Crippen LogP contribution in [0.15, 0.2) is 35.2 Å². The Balaban J connectivity index is 2.02. The molecule has 0 saturated heterocycles. The van der Waals surface area contributed by atoms with Crippen molar-refractivity contribution in [3.63, 3.8) is 0 Å². The first-order chi connectivity index (χ1) is 9.24. The molecule has 0 atom stereocenters. The predicted octanol–water partition coefficient (Wildman–Crippen LogP) is 3.68. The second kappa shape index (κ2) is 6.61. The lowest BCUT2D eigenvalue weighted by Gasteiger charge is -2.10. The summed E-state index contributed by atoms with van der Waals surface area (Å²) in [5.41, 5.74) is 2.24. The van der Waals surface area contributed by atoms with Crippen molar-refractivity contribution < 1.29 is 4.74 Å². The van der Waals surface area contributed by atoms with Gasteiger partial charge in [-0.25, -0.2) is 4.98 Å². The highest BCUT2D eigenvalue weighted by Gasteiger charge is 2.03. The monoisotopic (exact) mass is 323 g/mol. The number of imidazole rings is 1. The van der Waals surface area contributed by atoms with Crippen molar-refractivity contribution in [3.8, 4) is 5.75 Å². The topological polar surface area (TPSA) is 39.1 Å². The molecule has 1 N–H and O–H groups in total. The van der Waals surface area contributed by atoms with E-state index in [4.69, 9.17) is 4.74 Å². The first-order valence-electron chi connectivity index (χ1n) is 6.31. The van der Waals surface area contributed by atoms with Gasteiger partial charge in [0.1, 0.15) is 5.75 Å². The third-order valence-electron chi connectivity index (χ3n) is 2.89. The van der Waals surface area contributed by atoms with Crippen molar-refractivity contribution >= 4 is 21.6 Å². The smallest absolute Gasteiger partial charge is 0.133 e. The maximum Gasteiger partial charge on any atom is 0.133 e. The summed E-state index contributed by atoms with van der Waals surface area (Å²) >= 11 is 3.48. The number of hydrogen-bond donors (Lipinski definition) is 1. The number of aromatic nitrogens is 2. The van der Waals surface area contributed by atoms with Gasteiger partial charge in [0.05, 0.1) is 30.1 Å². The number of nitrogens with zero attached hydrogens (tertiary/aromatic N) is 2. The Bertz CT molecular complexity index is 539. The molecule has 0 radical (unpaired) electrons. The zero-order valence-electron chi connectivity index (χ0n) is 11.2. The normalized spacial score (nSPS) is 10.5. The fourth-order valence-corrected chi connectivity index (χ4v) is 2.45. The van der Waals surface area contributed by atoms with Gasteiger partial charge in [-0.1, -0.05) is 6.92 Å². The minimum absolute atomic E-state index is 0.763. The lowest BCUT2D eigenvalue weighted by Crippen LogP contribution is -2.06. The summed E-state index contributed by atoms with van der Waals surface area (Å²) in [6.45, 7) is 3.93. The first-order valence-corrected chi connectivity index (χ1v) is 7.10. The molecule has 19 heavy (non-hydrogen) atoms. The molecule has 102 valence electrons. The highest BCUT2D eigenvalue weighted by molar-refractivity contribution is 9.10. The summed E-state index contributed by atoms with van der Waals surface area (Å²) in [7, 11) is 1.66. The van der Waals surface area contributed by atoms with E-state index in [2.05, 4.69) is 37.7 Å². The second-order valence-corrected chi connectivity index (χ2v) is 5.14. The molecule has 0 fully saturated rings. The predicted molar refractivity (Wildman–Crippen MR) is 80.5 cm³/mol. The van der Waals surface area contributed by atoms with Gasteiger partial charge < -0.3 is 14.6 Å². The van der Waals surface area contributed by atoms with Crippen molar-refractivity contribution in [2.24, 2.45) is 0 Å². The number of ether oxygens (including phenoxy) is 1. The number of anilines is 1. The molecule has 5 heteroatoms. The molecule has 2 rings (SSSR count). The Morgan fingerprint density at radius 3 is 2.95 bits per heavy atom. The third kappa shape index (κ3) is 3.50. The second-order valence-electron chi connectivity index (χ2n) is 4.28. The zero-order chi connectivity index (χ0) is 13.7. The van der Waals surface area contributed by atoms with Gasteiger partial charge in [0.25, 0.3) is 0 Å². The lowest BCUT2D eigenvalue weighted by molar-refractivity contribution is 0.412. The first kappa shape index (κ1) is 13.9. The fraction of sp³-hybridized carbons (Fsp3) is 0.357. The number of methoxy groups -OCH3 is 1. The number of rotatable bonds is 6. The van der Waals surface area contributed by atoms with Crippen molar-refractivity contribution in [2.75, 3.05) is 12.4 Å². The standard InChI is InChI=1S/C14H18BrN3O/c1-3-6-18-10-16-8-12(18)9-17-11-4-5-14(19-2)13(15)7-11/h4-5,7-8,10,17H,3,6,9H2,1-2H3. The van der Waals surface area contributed by atoms with Crippen LogP contribution < -0.4 is 10.1 Å². The summed E-state index contributed by atoms with van der Waals surface area (Å²) < 4.78 is 8.33. The van der Waals surface area contributed by atoms with Crippen LogP contribution in [0.4, 0.5) is 5.69 Å². The molecule has 0 aliphatic carbocycles. The molecular formula is C14H18BrN3O. The number of aryl methyl sites for hydroxylation is 1. The molecule has 0 aliphatic heterocycles. The van der Waals surface area contributed by atoms with E-state index >= 15 is 0 Å². The van der Waals surface area contributed by atoms with Crippen LogP contribution in [0.3, 0.4) is 0 Å². The molecule has 4 nitrogen and oxygen atoms in total. The quantitative estimate of drug-likeness (QED) is 0.881. The lowest BCUT2D eigenvalue weighted by atomic mass is 10.3. The summed E-state index contributed by atoms with van der Waals surface area (Å²) in [4.78, 5) is 4.19. The maximum absolute atomic E-state index is 5.21. The average Bonchev–Trinajstić information content (AvgIpc) is 2.84. The molecule has 2 aromatic rings. The molecule has 0 spiro atoms. The van der Waals surface area contributed by atoms with Gasteiger partial charge in [0, 0.05) is 18.4 Å². The minimum atomic E-state index is 0.763. The summed E-state index contributed by atoms with van der Waals surface area (Å²) in [6.07, 6.45) is 4.89. The highest BCUT2D eigenvalue weighted by atomic mass is 79.9. The van der Waals surface area contributed by atoms with E-state index in [9.17, 15) is 0 Å². The Hall–Kier alpha value is -1.49. The van der Waals surface area contributed by atoms with Gasteiger partial charge in [0.15, 0.2) is 0 Å². The van der Waals surface area contributed by atoms with Gasteiger partial charge in [-0.2, -0.15) is 0 Å². The maximum atomic E-state index is 5.21. The van der Waals surface area contributed by atoms with Crippen LogP contribution in [0.2, 0.25) is 0 Å². The van der Waals surface area contributed by atoms with Crippen LogP contribution in [0.1, 0.15) is 19.0 Å². The van der Waals surface area contributed by atoms with Gasteiger partial charge >= 0.3 is 0 Å². The summed E-state index contributed by atoms with van der Waals surface area (Å²) in [5, 5.41) is 3.39. The molecule has 0 saturated carbocycles. The Labute approximate surface area is 121 Å². The van der Waals surface area contributed by atoms with Crippen molar-refractivity contribution in [1.82, 2.24) is 9.55 Å². The molecule has 0 bridgehead atoms. The summed E-state index contributed by atoms with van der Waals surface area (Å²) in [5.74, 6) is 0.835. The Morgan fingerprint density at radius 1 is 1.42 bits per heavy atom. The molecule has 1 aromatic carbocycles. The largest absolute Gasteiger partial charge is 0.496 e. The minimum Gasteiger partial charge on any atom is -0.496 e. The van der Waals surface area contributed by atoms with Crippen LogP contribution in [0.25, 0.3) is 0 Å². The zero-order valence-corrected chi connectivity index (χ0v) is 12.8. The van der Waals surface area contributed by atoms with Crippen LogP contribution in [-0.2, 0) is 13.1 Å². The number of benzene rings is 1. The highest BCUT2D eigenvalue weighted by Crippen LogP contribution is 2.27. The van der Waals surface area contributed by atoms with Crippen molar-refractivity contribution in [3.05, 3.63) is 40.9 Å². The number of hydrogen-bond acceptors (Lipinski definition) is 3. The van der Waals surface area contributed by atoms with Crippen molar-refractivity contribution in [2.45, 2.75) is 26.4 Å². The van der Waals surface area contributed by atoms with Crippen molar-refractivity contribution in [1.29, 1.82) is 0 Å². The van der Waals surface area contributed by atoms with Gasteiger partial charge in [-0.3, -0.25) is 0 Å². The van der Waals surface area contributed by atoms with Crippen LogP contribution in [0, 0.1) is 0 Å². The van der Waals surface area contributed by atoms with E-state index < -0.39 is 0 Å². The molecule has 0 unspecified atom stereocenters. The van der Waals surface area contributed by atoms with E-state index in [1.165, 1.54) is 5.69 Å². The van der Waals surface area contributed by atoms with E-state index in [-0.39, 0.29) is 0 Å². The average molecular weight is 324 g/mol. The molecule has 0 amide bonds. The molecule has 0 aliphatic rings. The fourth-order valence-electron chi connectivity index (χ4n) is 1.91. The molecule has 1 heterocycles. The van der Waals surface area contributed by atoms with Crippen LogP contribution >= 0.6 is 15.9 Å². The van der Waals surface area contributed by atoms with E-state index in [1.807, 2.05) is 30.7 Å². The van der Waals surface area contributed by atoms with Gasteiger partial charge in [-0.15, -0.1) is 0 Å². The van der Waals surface area contributed by atoms with Crippen LogP contribution in [-0.4, -0.2) is 16.7 Å². The van der Waals surface area contributed by atoms with E-state index in [1.54, 1.807) is 7.11 Å². The van der Waals surface area contributed by atoms with E-state index in [0.717, 1.165) is 35.4 Å². The van der Waals surface area contributed by atoms with E-state index in [0.29, 0.717) is 0 Å². The SMILES string of the molecule is CCCn1cncc1CNc1ccc(OC)c(Br)c1.